The molecule has 1 saturated heterocycles. The Hall–Kier alpha value is -0.550. The zero-order valence-corrected chi connectivity index (χ0v) is 8.92. The molecule has 1 aliphatic rings. The van der Waals surface area contributed by atoms with Gasteiger partial charge in [0, 0.05) is 19.0 Å². The summed E-state index contributed by atoms with van der Waals surface area (Å²) in [5.41, 5.74) is 0. The van der Waals surface area contributed by atoms with Crippen molar-refractivity contribution in [2.75, 3.05) is 18.1 Å². The van der Waals surface area contributed by atoms with Crippen LogP contribution < -0.4 is 5.32 Å². The Morgan fingerprint density at radius 1 is 1.50 bits per heavy atom. The van der Waals surface area contributed by atoms with Crippen LogP contribution in [0.5, 0.6) is 0 Å². The molecule has 0 aromatic carbocycles. The molecule has 2 rings (SSSR count). The highest BCUT2D eigenvalue weighted by atomic mass is 32.2. The molecule has 0 saturated carbocycles. The van der Waals surface area contributed by atoms with Gasteiger partial charge in [-0.05, 0) is 24.3 Å². The lowest BCUT2D eigenvalue weighted by Gasteiger charge is -2.22. The van der Waals surface area contributed by atoms with E-state index in [-0.39, 0.29) is 0 Å². The largest absolute Gasteiger partial charge is 0.343 e. The maximum absolute atomic E-state index is 4.66. The third-order valence-corrected chi connectivity index (χ3v) is 3.46. The van der Waals surface area contributed by atoms with E-state index in [9.17, 15) is 0 Å². The summed E-state index contributed by atoms with van der Waals surface area (Å²) in [7, 11) is 0. The van der Waals surface area contributed by atoms with Gasteiger partial charge in [-0.2, -0.15) is 16.7 Å². The second-order valence-corrected chi connectivity index (χ2v) is 4.66. The molecule has 1 fully saturated rings. The predicted molar refractivity (Wildman–Crippen MR) is 56.4 cm³/mol. The van der Waals surface area contributed by atoms with Crippen molar-refractivity contribution in [1.29, 1.82) is 0 Å². The van der Waals surface area contributed by atoms with E-state index in [1.54, 1.807) is 0 Å². The van der Waals surface area contributed by atoms with E-state index in [0.29, 0.717) is 6.04 Å². The molecule has 0 unspecified atom stereocenters. The van der Waals surface area contributed by atoms with Crippen LogP contribution in [0.2, 0.25) is 0 Å². The molecule has 0 atom stereocenters. The molecule has 1 aromatic rings. The molecule has 4 nitrogen and oxygen atoms in total. The summed E-state index contributed by atoms with van der Waals surface area (Å²) >= 11 is 2.05. The summed E-state index contributed by atoms with van der Waals surface area (Å²) < 4.78 is 4.66. The van der Waals surface area contributed by atoms with Gasteiger partial charge >= 0.3 is 0 Å². The molecule has 1 aliphatic heterocycles. The smallest absolute Gasteiger partial charge is 0.213 e. The first-order valence-corrected chi connectivity index (χ1v) is 6.17. The first-order chi connectivity index (χ1) is 6.95. The van der Waals surface area contributed by atoms with Crippen LogP contribution in [-0.4, -0.2) is 34.2 Å². The van der Waals surface area contributed by atoms with E-state index >= 15 is 0 Å². The van der Waals surface area contributed by atoms with E-state index in [1.165, 1.54) is 30.7 Å². The van der Waals surface area contributed by atoms with Crippen LogP contribution in [0.3, 0.4) is 0 Å². The number of aromatic nitrogens is 2. The van der Waals surface area contributed by atoms with Crippen LogP contribution in [0, 0.1) is 0 Å². The standard InChI is InChI=1S/C9H15N3OS/c1(9-11-7-13-12-9)4-10-8-2-5-14-6-3-8/h7-8,10H,1-6H2. The van der Waals surface area contributed by atoms with Crippen LogP contribution in [0.1, 0.15) is 18.7 Å². The van der Waals surface area contributed by atoms with Crippen molar-refractivity contribution in [2.24, 2.45) is 0 Å². The summed E-state index contributed by atoms with van der Waals surface area (Å²) in [6.07, 6.45) is 4.82. The Morgan fingerprint density at radius 3 is 3.07 bits per heavy atom. The number of rotatable bonds is 4. The number of nitrogens with zero attached hydrogens (tertiary/aromatic N) is 2. The highest BCUT2D eigenvalue weighted by molar-refractivity contribution is 7.99. The lowest BCUT2D eigenvalue weighted by molar-refractivity contribution is 0.407. The first kappa shape index (κ1) is 9.98. The molecule has 14 heavy (non-hydrogen) atoms. The van der Waals surface area contributed by atoms with E-state index in [1.807, 2.05) is 0 Å². The minimum absolute atomic E-state index is 0.697. The van der Waals surface area contributed by atoms with Crippen LogP contribution in [0.15, 0.2) is 10.9 Å². The van der Waals surface area contributed by atoms with Crippen LogP contribution in [0.25, 0.3) is 0 Å². The Balaban J connectivity index is 1.62. The van der Waals surface area contributed by atoms with E-state index < -0.39 is 0 Å². The fraction of sp³-hybridized carbons (Fsp3) is 0.778. The van der Waals surface area contributed by atoms with Crippen molar-refractivity contribution in [3.63, 3.8) is 0 Å². The Morgan fingerprint density at radius 2 is 2.36 bits per heavy atom. The van der Waals surface area contributed by atoms with Gasteiger partial charge in [-0.3, -0.25) is 0 Å². The maximum Gasteiger partial charge on any atom is 0.213 e. The Bertz CT molecular complexity index is 247. The summed E-state index contributed by atoms with van der Waals surface area (Å²) in [6, 6.07) is 0.697. The third kappa shape index (κ3) is 2.99. The molecule has 5 heteroatoms. The molecular weight excluding hydrogens is 198 g/mol. The van der Waals surface area contributed by atoms with Crippen molar-refractivity contribution >= 4 is 11.8 Å². The topological polar surface area (TPSA) is 51.0 Å². The predicted octanol–water partition coefficient (Wildman–Crippen LogP) is 1.10. The average molecular weight is 213 g/mol. The Labute approximate surface area is 87.8 Å². The van der Waals surface area contributed by atoms with Gasteiger partial charge in [-0.1, -0.05) is 5.16 Å². The second kappa shape index (κ2) is 5.36. The van der Waals surface area contributed by atoms with E-state index in [0.717, 1.165) is 18.8 Å². The molecule has 0 spiro atoms. The fourth-order valence-electron chi connectivity index (χ4n) is 1.59. The van der Waals surface area contributed by atoms with Crippen molar-refractivity contribution in [3.05, 3.63) is 12.2 Å². The van der Waals surface area contributed by atoms with Crippen LogP contribution >= 0.6 is 11.8 Å². The quantitative estimate of drug-likeness (QED) is 0.811. The van der Waals surface area contributed by atoms with Gasteiger partial charge in [-0.15, -0.1) is 0 Å². The zero-order valence-electron chi connectivity index (χ0n) is 8.11. The monoisotopic (exact) mass is 213 g/mol. The van der Waals surface area contributed by atoms with Gasteiger partial charge in [0.1, 0.15) is 0 Å². The normalized spacial score (nSPS) is 18.6. The van der Waals surface area contributed by atoms with Crippen molar-refractivity contribution in [1.82, 2.24) is 15.5 Å². The summed E-state index contributed by atoms with van der Waals surface area (Å²) in [6.45, 7) is 0.953. The first-order valence-electron chi connectivity index (χ1n) is 5.01. The van der Waals surface area contributed by atoms with Crippen molar-refractivity contribution < 1.29 is 4.52 Å². The molecule has 0 bridgehead atoms. The lowest BCUT2D eigenvalue weighted by atomic mass is 10.1. The molecule has 78 valence electrons. The van der Waals surface area contributed by atoms with Gasteiger partial charge in [0.25, 0.3) is 0 Å². The molecule has 0 radical (unpaired) electrons. The number of hydrogen-bond donors (Lipinski definition) is 1. The van der Waals surface area contributed by atoms with Gasteiger partial charge in [0.15, 0.2) is 5.82 Å². The number of thioether (sulfide) groups is 1. The zero-order chi connectivity index (χ0) is 9.64. The average Bonchev–Trinajstić information content (AvgIpc) is 2.72. The van der Waals surface area contributed by atoms with Crippen LogP contribution in [0.4, 0.5) is 0 Å². The summed E-state index contributed by atoms with van der Waals surface area (Å²) in [5.74, 6) is 3.38. The Kier molecular flexibility index (Phi) is 3.82. The summed E-state index contributed by atoms with van der Waals surface area (Å²) in [4.78, 5) is 3.98. The SMILES string of the molecule is c1nc(CCNC2CCSCC2)no1. The molecule has 1 N–H and O–H groups in total. The maximum atomic E-state index is 4.66. The second-order valence-electron chi connectivity index (χ2n) is 3.44. The molecule has 0 aliphatic carbocycles. The summed E-state index contributed by atoms with van der Waals surface area (Å²) in [5, 5.41) is 7.29. The lowest BCUT2D eigenvalue weighted by Crippen LogP contribution is -2.34. The van der Waals surface area contributed by atoms with Crippen LogP contribution in [-0.2, 0) is 6.42 Å². The van der Waals surface area contributed by atoms with Gasteiger partial charge in [0.05, 0.1) is 0 Å². The van der Waals surface area contributed by atoms with E-state index in [2.05, 4.69) is 31.7 Å². The van der Waals surface area contributed by atoms with Gasteiger partial charge < -0.3 is 9.84 Å². The van der Waals surface area contributed by atoms with Crippen molar-refractivity contribution in [2.45, 2.75) is 25.3 Å². The van der Waals surface area contributed by atoms with Gasteiger partial charge in [0.2, 0.25) is 6.39 Å². The highest BCUT2D eigenvalue weighted by Crippen LogP contribution is 2.16. The number of nitrogens with one attached hydrogen (secondary N) is 1. The van der Waals surface area contributed by atoms with E-state index in [4.69, 9.17) is 0 Å². The minimum Gasteiger partial charge on any atom is -0.343 e. The molecule has 0 amide bonds. The highest BCUT2D eigenvalue weighted by Gasteiger charge is 2.12. The molecule has 1 aromatic heterocycles. The molecular formula is C9H15N3OS. The van der Waals surface area contributed by atoms with Gasteiger partial charge in [-0.25, -0.2) is 0 Å². The fourth-order valence-corrected chi connectivity index (χ4v) is 2.70. The minimum atomic E-state index is 0.697. The third-order valence-electron chi connectivity index (χ3n) is 2.41. The molecule has 2 heterocycles. The van der Waals surface area contributed by atoms with Crippen molar-refractivity contribution in [3.8, 4) is 0 Å². The number of hydrogen-bond acceptors (Lipinski definition) is 5.